The molecule has 22 heavy (non-hydrogen) atoms. The Hall–Kier alpha value is -1.77. The number of benzene rings is 1. The van der Waals surface area contributed by atoms with Gasteiger partial charge in [-0.2, -0.15) is 0 Å². The smallest absolute Gasteiger partial charge is 0.373 e. The molecule has 1 rings (SSSR count). The summed E-state index contributed by atoms with van der Waals surface area (Å²) in [5, 5.41) is 0. The molecule has 0 aromatic heterocycles. The van der Waals surface area contributed by atoms with Crippen LogP contribution < -0.4 is 0 Å². The number of unbranched alkanes of at least 4 members (excludes halogenated alkanes) is 5. The number of carbonyl (C=O) groups excluding carboxylic acids is 1. The molecule has 0 aliphatic heterocycles. The highest BCUT2D eigenvalue weighted by molar-refractivity contribution is 5.91. The van der Waals surface area contributed by atoms with E-state index in [-0.39, 0.29) is 11.7 Å². The number of esters is 1. The standard InChI is InChI=1S/C19H28O3/c1-3-5-6-7-8-12-15-22-19(20)18(21-4-2)16-17-13-10-9-11-14-17/h9-11,13-14,16H,3-8,12,15H2,1-2H3. The molecule has 0 saturated heterocycles. The second kappa shape index (κ2) is 11.8. The molecule has 3 nitrogen and oxygen atoms in total. The van der Waals surface area contributed by atoms with Crippen LogP contribution in [0.4, 0.5) is 0 Å². The van der Waals surface area contributed by atoms with Gasteiger partial charge in [0.05, 0.1) is 13.2 Å². The summed E-state index contributed by atoms with van der Waals surface area (Å²) in [4.78, 5) is 12.1. The van der Waals surface area contributed by atoms with Crippen LogP contribution >= 0.6 is 0 Å². The Morgan fingerprint density at radius 3 is 2.32 bits per heavy atom. The largest absolute Gasteiger partial charge is 0.487 e. The lowest BCUT2D eigenvalue weighted by Crippen LogP contribution is -2.11. The average Bonchev–Trinajstić information content (AvgIpc) is 2.54. The molecule has 0 atom stereocenters. The molecule has 0 spiro atoms. The van der Waals surface area contributed by atoms with Crippen LogP contribution in [0.15, 0.2) is 36.1 Å². The van der Waals surface area contributed by atoms with Gasteiger partial charge >= 0.3 is 5.97 Å². The SMILES string of the molecule is CCCCCCCCOC(=O)C(=Cc1ccccc1)OCC. The van der Waals surface area contributed by atoms with Gasteiger partial charge in [-0.25, -0.2) is 4.79 Å². The lowest BCUT2D eigenvalue weighted by atomic mass is 10.1. The van der Waals surface area contributed by atoms with E-state index in [0.29, 0.717) is 13.2 Å². The Kier molecular flexibility index (Phi) is 9.84. The van der Waals surface area contributed by atoms with Crippen molar-refractivity contribution in [2.24, 2.45) is 0 Å². The zero-order chi connectivity index (χ0) is 16.0. The molecule has 122 valence electrons. The zero-order valence-corrected chi connectivity index (χ0v) is 13.8. The summed E-state index contributed by atoms with van der Waals surface area (Å²) >= 11 is 0. The van der Waals surface area contributed by atoms with Crippen molar-refractivity contribution in [2.75, 3.05) is 13.2 Å². The highest BCUT2D eigenvalue weighted by Crippen LogP contribution is 2.11. The zero-order valence-electron chi connectivity index (χ0n) is 13.8. The normalized spacial score (nSPS) is 11.3. The third-order valence-electron chi connectivity index (χ3n) is 3.33. The van der Waals surface area contributed by atoms with E-state index in [1.807, 2.05) is 37.3 Å². The molecule has 0 N–H and O–H groups in total. The van der Waals surface area contributed by atoms with Gasteiger partial charge in [0.2, 0.25) is 5.76 Å². The topological polar surface area (TPSA) is 35.5 Å². The van der Waals surface area contributed by atoms with E-state index < -0.39 is 0 Å². The maximum atomic E-state index is 12.1. The van der Waals surface area contributed by atoms with Crippen molar-refractivity contribution in [1.82, 2.24) is 0 Å². The van der Waals surface area contributed by atoms with Gasteiger partial charge in [-0.15, -0.1) is 0 Å². The number of ether oxygens (including phenoxy) is 2. The van der Waals surface area contributed by atoms with Crippen molar-refractivity contribution in [3.8, 4) is 0 Å². The van der Waals surface area contributed by atoms with E-state index in [1.54, 1.807) is 6.08 Å². The Morgan fingerprint density at radius 2 is 1.64 bits per heavy atom. The van der Waals surface area contributed by atoms with Gasteiger partial charge < -0.3 is 9.47 Å². The minimum Gasteiger partial charge on any atom is -0.487 e. The quantitative estimate of drug-likeness (QED) is 0.251. The maximum absolute atomic E-state index is 12.1. The summed E-state index contributed by atoms with van der Waals surface area (Å²) in [6, 6.07) is 9.66. The van der Waals surface area contributed by atoms with Crippen molar-refractivity contribution < 1.29 is 14.3 Å². The number of hydrogen-bond acceptors (Lipinski definition) is 3. The van der Waals surface area contributed by atoms with E-state index in [4.69, 9.17) is 9.47 Å². The lowest BCUT2D eigenvalue weighted by molar-refractivity contribution is -0.143. The molecular weight excluding hydrogens is 276 g/mol. The third kappa shape index (κ3) is 7.87. The summed E-state index contributed by atoms with van der Waals surface area (Å²) in [6.07, 6.45) is 8.77. The highest BCUT2D eigenvalue weighted by Gasteiger charge is 2.12. The maximum Gasteiger partial charge on any atom is 0.373 e. The van der Waals surface area contributed by atoms with Crippen LogP contribution in [0.3, 0.4) is 0 Å². The first-order chi connectivity index (χ1) is 10.8. The number of rotatable bonds is 11. The van der Waals surface area contributed by atoms with Crippen molar-refractivity contribution in [1.29, 1.82) is 0 Å². The molecule has 0 saturated carbocycles. The second-order valence-corrected chi connectivity index (χ2v) is 5.26. The van der Waals surface area contributed by atoms with Crippen LogP contribution in [0.2, 0.25) is 0 Å². The summed E-state index contributed by atoms with van der Waals surface area (Å²) in [5.41, 5.74) is 0.933. The molecule has 0 radical (unpaired) electrons. The first-order valence-electron chi connectivity index (χ1n) is 8.34. The monoisotopic (exact) mass is 304 g/mol. The van der Waals surface area contributed by atoms with Gasteiger partial charge in [-0.05, 0) is 25.0 Å². The van der Waals surface area contributed by atoms with Crippen LogP contribution in [0.5, 0.6) is 0 Å². The van der Waals surface area contributed by atoms with Crippen LogP contribution in [0.25, 0.3) is 6.08 Å². The average molecular weight is 304 g/mol. The molecule has 0 fully saturated rings. The van der Waals surface area contributed by atoms with Crippen LogP contribution in [0, 0.1) is 0 Å². The fraction of sp³-hybridized carbons (Fsp3) is 0.526. The first kappa shape index (κ1) is 18.3. The molecule has 0 aliphatic rings. The van der Waals surface area contributed by atoms with Crippen LogP contribution in [-0.4, -0.2) is 19.2 Å². The Bertz CT molecular complexity index is 437. The first-order valence-corrected chi connectivity index (χ1v) is 8.34. The van der Waals surface area contributed by atoms with Gasteiger partial charge in [0.15, 0.2) is 0 Å². The fourth-order valence-corrected chi connectivity index (χ4v) is 2.13. The summed E-state index contributed by atoms with van der Waals surface area (Å²) in [7, 11) is 0. The Morgan fingerprint density at radius 1 is 0.955 bits per heavy atom. The van der Waals surface area contributed by atoms with E-state index in [1.165, 1.54) is 25.7 Å². The lowest BCUT2D eigenvalue weighted by Gasteiger charge is -2.09. The van der Waals surface area contributed by atoms with Crippen molar-refractivity contribution in [3.05, 3.63) is 41.7 Å². The van der Waals surface area contributed by atoms with E-state index in [2.05, 4.69) is 6.92 Å². The molecular formula is C19H28O3. The minimum absolute atomic E-state index is 0.277. The van der Waals surface area contributed by atoms with Gasteiger partial charge in [0.25, 0.3) is 0 Å². The molecule has 0 bridgehead atoms. The predicted octanol–water partition coefficient (Wildman–Crippen LogP) is 4.97. The van der Waals surface area contributed by atoms with Gasteiger partial charge in [-0.1, -0.05) is 69.4 Å². The summed E-state index contributed by atoms with van der Waals surface area (Å²) in [5.74, 6) is -0.0982. The van der Waals surface area contributed by atoms with Crippen LogP contribution in [-0.2, 0) is 14.3 Å². The van der Waals surface area contributed by atoms with Gasteiger partial charge in [0.1, 0.15) is 0 Å². The summed E-state index contributed by atoms with van der Waals surface area (Å²) < 4.78 is 10.7. The highest BCUT2D eigenvalue weighted by atomic mass is 16.6. The Labute approximate surface area is 134 Å². The molecule has 3 heteroatoms. The molecule has 0 heterocycles. The van der Waals surface area contributed by atoms with Gasteiger partial charge in [0, 0.05) is 0 Å². The second-order valence-electron chi connectivity index (χ2n) is 5.26. The Balaban J connectivity index is 2.37. The van der Waals surface area contributed by atoms with Crippen LogP contribution in [0.1, 0.15) is 57.9 Å². The van der Waals surface area contributed by atoms with Gasteiger partial charge in [-0.3, -0.25) is 0 Å². The predicted molar refractivity (Wildman–Crippen MR) is 90.4 cm³/mol. The third-order valence-corrected chi connectivity index (χ3v) is 3.33. The number of hydrogen-bond donors (Lipinski definition) is 0. The fourth-order valence-electron chi connectivity index (χ4n) is 2.13. The molecule has 0 amide bonds. The summed E-state index contributed by atoms with van der Waals surface area (Å²) in [6.45, 7) is 4.98. The minimum atomic E-state index is -0.376. The molecule has 0 unspecified atom stereocenters. The van der Waals surface area contributed by atoms with E-state index >= 15 is 0 Å². The van der Waals surface area contributed by atoms with E-state index in [9.17, 15) is 4.79 Å². The van der Waals surface area contributed by atoms with E-state index in [0.717, 1.165) is 18.4 Å². The molecule has 1 aromatic rings. The van der Waals surface area contributed by atoms with Crippen molar-refractivity contribution >= 4 is 12.0 Å². The van der Waals surface area contributed by atoms with Crippen molar-refractivity contribution in [3.63, 3.8) is 0 Å². The van der Waals surface area contributed by atoms with Crippen molar-refractivity contribution in [2.45, 2.75) is 52.4 Å². The molecule has 1 aromatic carbocycles. The molecule has 0 aliphatic carbocycles. The number of carbonyl (C=O) groups is 1.